The molecule has 0 atom stereocenters. The quantitative estimate of drug-likeness (QED) is 0.883. The second-order valence-electron chi connectivity index (χ2n) is 4.92. The third-order valence-electron chi connectivity index (χ3n) is 3.56. The smallest absolute Gasteiger partial charge is 0.318 e. The van der Waals surface area contributed by atoms with Crippen LogP contribution in [-0.4, -0.2) is 29.7 Å². The highest BCUT2D eigenvalue weighted by Crippen LogP contribution is 2.36. The van der Waals surface area contributed by atoms with Crippen LogP contribution in [0.3, 0.4) is 0 Å². The Hall–Kier alpha value is -1.07. The minimum atomic E-state index is -4.30. The Bertz CT molecular complexity index is 381. The summed E-state index contributed by atoms with van der Waals surface area (Å²) in [6.45, 7) is 1.48. The van der Waals surface area contributed by atoms with E-state index in [0.29, 0.717) is 19.6 Å². The number of halogens is 3. The molecule has 1 aliphatic heterocycles. The lowest BCUT2D eigenvalue weighted by molar-refractivity contribution is -0.197. The summed E-state index contributed by atoms with van der Waals surface area (Å²) in [5.74, 6) is 0. The maximum atomic E-state index is 12.7. The van der Waals surface area contributed by atoms with Gasteiger partial charge >= 0.3 is 6.18 Å². The zero-order valence-electron chi connectivity index (χ0n) is 10.1. The van der Waals surface area contributed by atoms with Crippen molar-refractivity contribution in [2.24, 2.45) is 5.73 Å². The summed E-state index contributed by atoms with van der Waals surface area (Å²) in [5.41, 5.74) is 4.56. The normalized spacial score (nSPS) is 20.9. The lowest BCUT2D eigenvalue weighted by Gasteiger charge is -2.40. The van der Waals surface area contributed by atoms with Crippen LogP contribution in [0.1, 0.15) is 18.4 Å². The molecule has 1 aromatic carbocycles. The van der Waals surface area contributed by atoms with E-state index in [1.807, 2.05) is 35.2 Å². The topological polar surface area (TPSA) is 29.3 Å². The van der Waals surface area contributed by atoms with Gasteiger partial charge in [-0.15, -0.1) is 0 Å². The van der Waals surface area contributed by atoms with Gasteiger partial charge in [-0.3, -0.25) is 4.90 Å². The summed E-state index contributed by atoms with van der Waals surface area (Å²) < 4.78 is 38.2. The number of hydrogen-bond donors (Lipinski definition) is 1. The van der Waals surface area contributed by atoms with Crippen LogP contribution in [0.4, 0.5) is 13.2 Å². The van der Waals surface area contributed by atoms with Gasteiger partial charge in [-0.25, -0.2) is 0 Å². The van der Waals surface area contributed by atoms with E-state index in [9.17, 15) is 13.2 Å². The fraction of sp³-hybridized carbons (Fsp3) is 0.538. The molecule has 18 heavy (non-hydrogen) atoms. The largest absolute Gasteiger partial charge is 0.406 e. The van der Waals surface area contributed by atoms with E-state index in [1.54, 1.807) is 0 Å². The molecule has 2 nitrogen and oxygen atoms in total. The van der Waals surface area contributed by atoms with E-state index in [2.05, 4.69) is 0 Å². The number of alkyl halides is 3. The molecular weight excluding hydrogens is 241 g/mol. The first kappa shape index (κ1) is 13.4. The van der Waals surface area contributed by atoms with Crippen molar-refractivity contribution in [1.29, 1.82) is 0 Å². The predicted octanol–water partition coefficient (Wildman–Crippen LogP) is 2.54. The van der Waals surface area contributed by atoms with Crippen molar-refractivity contribution in [2.75, 3.05) is 13.1 Å². The molecular formula is C13H17F3N2. The van der Waals surface area contributed by atoms with Crippen LogP contribution >= 0.6 is 0 Å². The van der Waals surface area contributed by atoms with Crippen LogP contribution in [0.15, 0.2) is 30.3 Å². The van der Waals surface area contributed by atoms with Crippen LogP contribution in [0.25, 0.3) is 0 Å². The highest BCUT2D eigenvalue weighted by Gasteiger charge is 2.52. The van der Waals surface area contributed by atoms with Gasteiger partial charge in [0.15, 0.2) is 0 Å². The lowest BCUT2D eigenvalue weighted by Crippen LogP contribution is -2.59. The van der Waals surface area contributed by atoms with Crippen LogP contribution in [-0.2, 0) is 6.54 Å². The minimum absolute atomic E-state index is 0.0245. The Morgan fingerprint density at radius 1 is 1.11 bits per heavy atom. The first-order valence-corrected chi connectivity index (χ1v) is 6.03. The molecule has 1 fully saturated rings. The number of benzene rings is 1. The van der Waals surface area contributed by atoms with E-state index < -0.39 is 11.7 Å². The molecule has 0 aliphatic carbocycles. The molecule has 0 bridgehead atoms. The van der Waals surface area contributed by atoms with Gasteiger partial charge in [0.05, 0.1) is 0 Å². The zero-order chi connectivity index (χ0) is 13.2. The molecule has 1 heterocycles. The molecule has 0 spiro atoms. The van der Waals surface area contributed by atoms with Gasteiger partial charge in [-0.1, -0.05) is 30.3 Å². The molecule has 0 aromatic heterocycles. The summed E-state index contributed by atoms with van der Waals surface area (Å²) in [5, 5.41) is 0. The van der Waals surface area contributed by atoms with Crippen molar-refractivity contribution >= 4 is 0 Å². The van der Waals surface area contributed by atoms with Crippen molar-refractivity contribution in [3.63, 3.8) is 0 Å². The van der Waals surface area contributed by atoms with Gasteiger partial charge < -0.3 is 5.73 Å². The second kappa shape index (κ2) is 4.90. The van der Waals surface area contributed by atoms with Gasteiger partial charge in [-0.2, -0.15) is 13.2 Å². The number of hydrogen-bond acceptors (Lipinski definition) is 2. The van der Waals surface area contributed by atoms with Crippen molar-refractivity contribution in [3.8, 4) is 0 Å². The molecule has 1 saturated heterocycles. The van der Waals surface area contributed by atoms with Crippen molar-refractivity contribution in [1.82, 2.24) is 4.90 Å². The minimum Gasteiger partial charge on any atom is -0.318 e. The fourth-order valence-electron chi connectivity index (χ4n) is 2.24. The standard InChI is InChI=1S/C13H17F3N2/c14-13(15,16)12(17)6-8-18(9-7-12)10-11-4-2-1-3-5-11/h1-5H,6-10,17H2. The Morgan fingerprint density at radius 2 is 1.67 bits per heavy atom. The molecule has 1 aliphatic rings. The molecule has 0 unspecified atom stereocenters. The van der Waals surface area contributed by atoms with Gasteiger partial charge in [0.2, 0.25) is 0 Å². The van der Waals surface area contributed by atoms with Gasteiger partial charge in [-0.05, 0) is 18.4 Å². The van der Waals surface area contributed by atoms with Crippen molar-refractivity contribution in [2.45, 2.75) is 31.1 Å². The molecule has 100 valence electrons. The first-order valence-electron chi connectivity index (χ1n) is 6.03. The molecule has 0 saturated carbocycles. The Balaban J connectivity index is 1.91. The van der Waals surface area contributed by atoms with E-state index in [0.717, 1.165) is 5.56 Å². The number of likely N-dealkylation sites (tertiary alicyclic amines) is 1. The van der Waals surface area contributed by atoms with Crippen LogP contribution in [0, 0.1) is 0 Å². The third-order valence-corrected chi connectivity index (χ3v) is 3.56. The van der Waals surface area contributed by atoms with Crippen molar-refractivity contribution < 1.29 is 13.2 Å². The predicted molar refractivity (Wildman–Crippen MR) is 63.9 cm³/mol. The fourth-order valence-corrected chi connectivity index (χ4v) is 2.24. The Labute approximate surface area is 105 Å². The maximum Gasteiger partial charge on any atom is 0.406 e. The summed E-state index contributed by atoms with van der Waals surface area (Å²) >= 11 is 0. The average Bonchev–Trinajstić information content (AvgIpc) is 2.32. The molecule has 0 amide bonds. The lowest BCUT2D eigenvalue weighted by atomic mass is 9.88. The Kier molecular flexibility index (Phi) is 3.64. The zero-order valence-corrected chi connectivity index (χ0v) is 10.1. The SMILES string of the molecule is NC1(C(F)(F)F)CCN(Cc2ccccc2)CC1. The van der Waals surface area contributed by atoms with Gasteiger partial charge in [0.1, 0.15) is 5.54 Å². The van der Waals surface area contributed by atoms with E-state index in [1.165, 1.54) is 0 Å². The van der Waals surface area contributed by atoms with Crippen molar-refractivity contribution in [3.05, 3.63) is 35.9 Å². The first-order chi connectivity index (χ1) is 8.41. The molecule has 5 heteroatoms. The van der Waals surface area contributed by atoms with Gasteiger partial charge in [0, 0.05) is 19.6 Å². The number of piperidine rings is 1. The second-order valence-corrected chi connectivity index (χ2v) is 4.92. The highest BCUT2D eigenvalue weighted by atomic mass is 19.4. The van der Waals surface area contributed by atoms with E-state index in [4.69, 9.17) is 5.73 Å². The van der Waals surface area contributed by atoms with Gasteiger partial charge in [0.25, 0.3) is 0 Å². The number of nitrogens with two attached hydrogens (primary N) is 1. The number of nitrogens with zero attached hydrogens (tertiary/aromatic N) is 1. The van der Waals surface area contributed by atoms with Crippen LogP contribution < -0.4 is 5.73 Å². The van der Waals surface area contributed by atoms with E-state index >= 15 is 0 Å². The molecule has 2 N–H and O–H groups in total. The monoisotopic (exact) mass is 258 g/mol. The summed E-state index contributed by atoms with van der Waals surface area (Å²) in [6.07, 6.45) is -4.35. The Morgan fingerprint density at radius 3 is 2.17 bits per heavy atom. The molecule has 2 rings (SSSR count). The number of rotatable bonds is 2. The molecule has 0 radical (unpaired) electrons. The average molecular weight is 258 g/mol. The summed E-state index contributed by atoms with van der Waals surface area (Å²) in [7, 11) is 0. The summed E-state index contributed by atoms with van der Waals surface area (Å²) in [6, 6.07) is 9.75. The highest BCUT2D eigenvalue weighted by molar-refractivity contribution is 5.14. The van der Waals surface area contributed by atoms with Crippen LogP contribution in [0.2, 0.25) is 0 Å². The summed E-state index contributed by atoms with van der Waals surface area (Å²) in [4.78, 5) is 2.02. The van der Waals surface area contributed by atoms with E-state index in [-0.39, 0.29) is 12.8 Å². The van der Waals surface area contributed by atoms with Crippen LogP contribution in [0.5, 0.6) is 0 Å². The molecule has 1 aromatic rings. The maximum absolute atomic E-state index is 12.7. The third kappa shape index (κ3) is 2.84.